The highest BCUT2D eigenvalue weighted by atomic mass is 32.2. The third-order valence-electron chi connectivity index (χ3n) is 5.60. The van der Waals surface area contributed by atoms with E-state index in [1.54, 1.807) is 30.6 Å². The number of aromatic nitrogens is 2. The van der Waals surface area contributed by atoms with E-state index in [9.17, 15) is 17.4 Å². The second-order valence-electron chi connectivity index (χ2n) is 7.91. The molecule has 0 saturated carbocycles. The Morgan fingerprint density at radius 1 is 1.12 bits per heavy atom. The van der Waals surface area contributed by atoms with Gasteiger partial charge in [-0.1, -0.05) is 30.3 Å². The number of nitrogens with two attached hydrogens (primary N) is 1. The van der Waals surface area contributed by atoms with Gasteiger partial charge in [0.25, 0.3) is 0 Å². The predicted molar refractivity (Wildman–Crippen MR) is 122 cm³/mol. The van der Waals surface area contributed by atoms with Gasteiger partial charge in [0.05, 0.1) is 12.2 Å². The predicted octanol–water partition coefficient (Wildman–Crippen LogP) is 4.07. The number of alkyl halides is 3. The van der Waals surface area contributed by atoms with Gasteiger partial charge in [-0.05, 0) is 36.6 Å². The van der Waals surface area contributed by atoms with Crippen LogP contribution in [-0.4, -0.2) is 36.6 Å². The highest BCUT2D eigenvalue weighted by Crippen LogP contribution is 2.33. The van der Waals surface area contributed by atoms with E-state index in [0.717, 1.165) is 15.6 Å². The van der Waals surface area contributed by atoms with Gasteiger partial charge in [-0.15, -0.1) is 0 Å². The lowest BCUT2D eigenvalue weighted by Gasteiger charge is -2.34. The molecule has 0 aliphatic carbocycles. The van der Waals surface area contributed by atoms with Gasteiger partial charge in [0.1, 0.15) is 0 Å². The van der Waals surface area contributed by atoms with Gasteiger partial charge < -0.3 is 10.6 Å². The average Bonchev–Trinajstić information content (AvgIpc) is 2.94. The zero-order chi connectivity index (χ0) is 23.4. The molecule has 1 aliphatic rings. The molecule has 10 heteroatoms. The number of hydrogen-bond donors (Lipinski definition) is 1. The largest absolute Gasteiger partial charge is 0.485 e. The summed E-state index contributed by atoms with van der Waals surface area (Å²) in [5, 5.41) is 0. The molecule has 6 nitrogen and oxygen atoms in total. The molecule has 0 amide bonds. The minimum absolute atomic E-state index is 0.0179. The van der Waals surface area contributed by atoms with E-state index in [4.69, 9.17) is 5.73 Å². The molecule has 2 N–H and O–H groups in total. The number of rotatable bonds is 6. The molecule has 1 aromatic carbocycles. The second kappa shape index (κ2) is 9.88. The van der Waals surface area contributed by atoms with Crippen LogP contribution in [0.5, 0.6) is 0 Å². The van der Waals surface area contributed by atoms with Crippen molar-refractivity contribution in [2.24, 2.45) is 0 Å². The lowest BCUT2D eigenvalue weighted by molar-refractivity contribution is -0.0431. The maximum absolute atomic E-state index is 13.4. The van der Waals surface area contributed by atoms with Gasteiger partial charge in [0.15, 0.2) is 0 Å². The first kappa shape index (κ1) is 23.2. The number of nitrogen functional groups attached to an aromatic ring is 1. The molecule has 0 bridgehead atoms. The fourth-order valence-corrected chi connectivity index (χ4v) is 4.93. The molecule has 0 radical (unpaired) electrons. The summed E-state index contributed by atoms with van der Waals surface area (Å²) >= 11 is 0. The van der Waals surface area contributed by atoms with Crippen LogP contribution in [0.4, 0.5) is 24.5 Å². The minimum atomic E-state index is -4.84. The minimum Gasteiger partial charge on any atom is -0.399 e. The SMILES string of the molecule is Nc1ccnc(CN2c3ccncc3CN(S(=O)C(F)(F)F)CC2CCc2ccccc2)c1. The van der Waals surface area contributed by atoms with Crippen LogP contribution in [0.25, 0.3) is 0 Å². The number of nitrogens with zero attached hydrogens (tertiary/aromatic N) is 4. The van der Waals surface area contributed by atoms with Gasteiger partial charge >= 0.3 is 5.51 Å². The van der Waals surface area contributed by atoms with Crippen LogP contribution in [0, 0.1) is 0 Å². The molecule has 174 valence electrons. The summed E-state index contributed by atoms with van der Waals surface area (Å²) in [4.78, 5) is 10.5. The number of fused-ring (bicyclic) bond motifs is 1. The maximum atomic E-state index is 13.4. The van der Waals surface area contributed by atoms with Crippen molar-refractivity contribution in [1.82, 2.24) is 14.3 Å². The quantitative estimate of drug-likeness (QED) is 0.582. The first-order chi connectivity index (χ1) is 15.8. The van der Waals surface area contributed by atoms with Crippen LogP contribution < -0.4 is 10.6 Å². The monoisotopic (exact) mass is 475 g/mol. The average molecular weight is 476 g/mol. The Morgan fingerprint density at radius 3 is 2.64 bits per heavy atom. The molecule has 33 heavy (non-hydrogen) atoms. The zero-order valence-electron chi connectivity index (χ0n) is 17.8. The summed E-state index contributed by atoms with van der Waals surface area (Å²) in [6, 6.07) is 14.7. The van der Waals surface area contributed by atoms with Gasteiger partial charge in [-0.2, -0.15) is 13.2 Å². The molecule has 4 rings (SSSR count). The second-order valence-corrected chi connectivity index (χ2v) is 9.39. The highest BCUT2D eigenvalue weighted by Gasteiger charge is 2.43. The number of hydrogen-bond acceptors (Lipinski definition) is 5. The molecule has 3 heterocycles. The van der Waals surface area contributed by atoms with Crippen LogP contribution in [-0.2, 0) is 30.5 Å². The van der Waals surface area contributed by atoms with Gasteiger partial charge in [-0.25, -0.2) is 8.51 Å². The Hall–Kier alpha value is -2.98. The lowest BCUT2D eigenvalue weighted by Crippen LogP contribution is -2.44. The van der Waals surface area contributed by atoms with Crippen LogP contribution >= 0.6 is 0 Å². The molecule has 2 aromatic heterocycles. The van der Waals surface area contributed by atoms with Gasteiger partial charge in [-0.3, -0.25) is 9.97 Å². The summed E-state index contributed by atoms with van der Waals surface area (Å²) in [6.07, 6.45) is 6.00. The molecular weight excluding hydrogens is 451 g/mol. The van der Waals surface area contributed by atoms with E-state index in [2.05, 4.69) is 9.97 Å². The number of pyridine rings is 2. The standard InChI is InChI=1S/C23H24F3N5OS/c24-23(25,26)33(32)30-14-18-13-28-10-9-22(18)31(15-20-12-19(27)8-11-29-20)21(16-30)7-6-17-4-2-1-3-5-17/h1-5,8-13,21H,6-7,14-16H2,(H2,27,29). The van der Waals surface area contributed by atoms with Crippen molar-refractivity contribution >= 4 is 22.4 Å². The van der Waals surface area contributed by atoms with Gasteiger partial charge in [0, 0.05) is 54.7 Å². The van der Waals surface area contributed by atoms with E-state index in [1.807, 2.05) is 35.2 Å². The van der Waals surface area contributed by atoms with E-state index < -0.39 is 16.5 Å². The zero-order valence-corrected chi connectivity index (χ0v) is 18.6. The molecule has 0 fully saturated rings. The Kier molecular flexibility index (Phi) is 6.94. The van der Waals surface area contributed by atoms with E-state index >= 15 is 0 Å². The lowest BCUT2D eigenvalue weighted by atomic mass is 10.0. The van der Waals surface area contributed by atoms with Gasteiger partial charge in [0.2, 0.25) is 11.0 Å². The highest BCUT2D eigenvalue weighted by molar-refractivity contribution is 7.83. The Morgan fingerprint density at radius 2 is 1.91 bits per heavy atom. The van der Waals surface area contributed by atoms with E-state index in [0.29, 0.717) is 36.3 Å². The topological polar surface area (TPSA) is 75.3 Å². The normalized spacial score (nSPS) is 17.9. The summed E-state index contributed by atoms with van der Waals surface area (Å²) in [5.41, 5.74) is 4.78. The van der Waals surface area contributed by atoms with Crippen molar-refractivity contribution in [1.29, 1.82) is 0 Å². The molecular formula is C23H24F3N5OS. The Bertz CT molecular complexity index is 1110. The van der Waals surface area contributed by atoms with Crippen molar-refractivity contribution in [2.45, 2.75) is 37.5 Å². The summed E-state index contributed by atoms with van der Waals surface area (Å²) in [6.45, 7) is 0.224. The summed E-state index contributed by atoms with van der Waals surface area (Å²) < 4.78 is 53.6. The van der Waals surface area contributed by atoms with Crippen molar-refractivity contribution in [2.75, 3.05) is 17.2 Å². The number of benzene rings is 1. The van der Waals surface area contributed by atoms with Crippen LogP contribution in [0.15, 0.2) is 67.1 Å². The van der Waals surface area contributed by atoms with Crippen molar-refractivity contribution in [3.8, 4) is 0 Å². The third kappa shape index (κ3) is 5.69. The number of halogens is 3. The van der Waals surface area contributed by atoms with Crippen molar-refractivity contribution in [3.63, 3.8) is 0 Å². The Balaban J connectivity index is 1.71. The molecule has 1 aliphatic heterocycles. The first-order valence-electron chi connectivity index (χ1n) is 10.5. The molecule has 2 atom stereocenters. The van der Waals surface area contributed by atoms with Crippen molar-refractivity contribution in [3.05, 3.63) is 83.9 Å². The van der Waals surface area contributed by atoms with E-state index in [1.165, 1.54) is 6.20 Å². The van der Waals surface area contributed by atoms with Crippen LogP contribution in [0.2, 0.25) is 0 Å². The molecule has 0 saturated heterocycles. The van der Waals surface area contributed by atoms with Crippen LogP contribution in [0.1, 0.15) is 23.2 Å². The molecule has 2 unspecified atom stereocenters. The first-order valence-corrected chi connectivity index (χ1v) is 11.6. The molecule has 0 spiro atoms. The van der Waals surface area contributed by atoms with Crippen molar-refractivity contribution < 1.29 is 17.4 Å². The fraction of sp³-hybridized carbons (Fsp3) is 0.304. The van der Waals surface area contributed by atoms with Crippen LogP contribution in [0.3, 0.4) is 0 Å². The number of anilines is 2. The smallest absolute Gasteiger partial charge is 0.399 e. The van der Waals surface area contributed by atoms with E-state index in [-0.39, 0.29) is 19.1 Å². The summed E-state index contributed by atoms with van der Waals surface area (Å²) in [7, 11) is -3.13. The Labute approximate surface area is 192 Å². The summed E-state index contributed by atoms with van der Waals surface area (Å²) in [5.74, 6) is 0. The number of aryl methyl sites for hydroxylation is 1. The maximum Gasteiger partial charge on any atom is 0.485 e. The molecule has 3 aromatic rings. The fourth-order valence-electron chi connectivity index (χ4n) is 4.08. The third-order valence-corrected chi connectivity index (χ3v) is 6.75.